The van der Waals surface area contributed by atoms with E-state index < -0.39 is 0 Å². The highest BCUT2D eigenvalue weighted by Gasteiger charge is 2.27. The maximum Gasteiger partial charge on any atom is 0.191 e. The molecular weight excluding hydrogens is 425 g/mol. The summed E-state index contributed by atoms with van der Waals surface area (Å²) in [5.41, 5.74) is 2.57. The molecule has 1 saturated heterocycles. The van der Waals surface area contributed by atoms with Crippen LogP contribution in [0, 0.1) is 12.8 Å². The molecule has 5 heteroatoms. The predicted molar refractivity (Wildman–Crippen MR) is 117 cm³/mol. The van der Waals surface area contributed by atoms with Gasteiger partial charge in [0, 0.05) is 31.7 Å². The zero-order valence-corrected chi connectivity index (χ0v) is 18.4. The first-order chi connectivity index (χ1) is 11.6. The zero-order valence-electron chi connectivity index (χ0n) is 16.0. The third kappa shape index (κ3) is 7.13. The Labute approximate surface area is 170 Å². The van der Waals surface area contributed by atoms with Gasteiger partial charge in [-0.2, -0.15) is 0 Å². The zero-order chi connectivity index (χ0) is 17.4. The highest BCUT2D eigenvalue weighted by atomic mass is 127. The maximum absolute atomic E-state index is 6.10. The smallest absolute Gasteiger partial charge is 0.191 e. The molecule has 2 N–H and O–H groups in total. The minimum atomic E-state index is 0. The average molecular weight is 459 g/mol. The van der Waals surface area contributed by atoms with Gasteiger partial charge in [0.25, 0.3) is 0 Å². The van der Waals surface area contributed by atoms with Crippen LogP contribution in [-0.2, 0) is 4.74 Å². The summed E-state index contributed by atoms with van der Waals surface area (Å²) in [5.74, 6) is 1.36. The SMILES string of the molecule is CCNC(=NCC1CCCOC1c1ccc(C)cc1)NC(C)CC.I. The van der Waals surface area contributed by atoms with Gasteiger partial charge in [0.15, 0.2) is 5.96 Å². The van der Waals surface area contributed by atoms with Crippen LogP contribution in [0.5, 0.6) is 0 Å². The van der Waals surface area contributed by atoms with E-state index in [1.165, 1.54) is 17.5 Å². The van der Waals surface area contributed by atoms with Crippen LogP contribution in [-0.4, -0.2) is 31.7 Å². The molecule has 0 bridgehead atoms. The molecule has 142 valence electrons. The van der Waals surface area contributed by atoms with E-state index in [1.807, 2.05) is 0 Å². The van der Waals surface area contributed by atoms with E-state index in [9.17, 15) is 0 Å². The Kier molecular flexibility index (Phi) is 10.4. The Hall–Kier alpha value is -0.820. The second kappa shape index (κ2) is 11.7. The fraction of sp³-hybridized carbons (Fsp3) is 0.650. The molecule has 0 radical (unpaired) electrons. The van der Waals surface area contributed by atoms with Gasteiger partial charge in [0.05, 0.1) is 6.10 Å². The van der Waals surface area contributed by atoms with Crippen LogP contribution in [0.1, 0.15) is 57.3 Å². The standard InChI is InChI=1S/C20H33N3O.HI/c1-5-16(4)23-20(21-6-2)22-14-18-8-7-13-24-19(18)17-11-9-15(3)10-12-17;/h9-12,16,18-19H,5-8,13-14H2,1-4H3,(H2,21,22,23);1H. The summed E-state index contributed by atoms with van der Waals surface area (Å²) in [6.07, 6.45) is 3.54. The van der Waals surface area contributed by atoms with E-state index in [1.54, 1.807) is 0 Å². The van der Waals surface area contributed by atoms with Gasteiger partial charge in [-0.05, 0) is 45.6 Å². The molecule has 0 spiro atoms. The third-order valence-corrected chi connectivity index (χ3v) is 4.67. The van der Waals surface area contributed by atoms with Crippen molar-refractivity contribution in [2.75, 3.05) is 19.7 Å². The van der Waals surface area contributed by atoms with Crippen LogP contribution < -0.4 is 10.6 Å². The molecule has 4 nitrogen and oxygen atoms in total. The number of nitrogens with one attached hydrogen (secondary N) is 2. The number of rotatable bonds is 6. The number of nitrogens with zero attached hydrogens (tertiary/aromatic N) is 1. The van der Waals surface area contributed by atoms with Gasteiger partial charge in [-0.1, -0.05) is 36.8 Å². The van der Waals surface area contributed by atoms with E-state index >= 15 is 0 Å². The van der Waals surface area contributed by atoms with Crippen LogP contribution in [0.15, 0.2) is 29.3 Å². The maximum atomic E-state index is 6.10. The van der Waals surface area contributed by atoms with Crippen molar-refractivity contribution >= 4 is 29.9 Å². The van der Waals surface area contributed by atoms with Gasteiger partial charge in [-0.25, -0.2) is 0 Å². The molecule has 2 rings (SSSR count). The summed E-state index contributed by atoms with van der Waals surface area (Å²) in [4.78, 5) is 4.83. The molecule has 0 aliphatic carbocycles. The molecule has 1 heterocycles. The summed E-state index contributed by atoms with van der Waals surface area (Å²) < 4.78 is 6.10. The van der Waals surface area contributed by atoms with Gasteiger partial charge in [0.2, 0.25) is 0 Å². The Balaban J connectivity index is 0.00000312. The van der Waals surface area contributed by atoms with Crippen molar-refractivity contribution in [2.24, 2.45) is 10.9 Å². The molecule has 0 amide bonds. The lowest BCUT2D eigenvalue weighted by atomic mass is 9.89. The number of hydrogen-bond donors (Lipinski definition) is 2. The van der Waals surface area contributed by atoms with Crippen molar-refractivity contribution in [1.29, 1.82) is 0 Å². The summed E-state index contributed by atoms with van der Waals surface area (Å²) >= 11 is 0. The molecule has 1 aliphatic heterocycles. The van der Waals surface area contributed by atoms with Gasteiger partial charge in [-0.3, -0.25) is 4.99 Å². The fourth-order valence-corrected chi connectivity index (χ4v) is 3.02. The monoisotopic (exact) mass is 459 g/mol. The summed E-state index contributed by atoms with van der Waals surface area (Å²) in [6, 6.07) is 9.16. The Morgan fingerprint density at radius 1 is 1.28 bits per heavy atom. The van der Waals surface area contributed by atoms with Gasteiger partial charge in [-0.15, -0.1) is 24.0 Å². The van der Waals surface area contributed by atoms with E-state index in [-0.39, 0.29) is 30.1 Å². The second-order valence-corrected chi connectivity index (χ2v) is 6.78. The lowest BCUT2D eigenvalue weighted by molar-refractivity contribution is -0.0250. The average Bonchev–Trinajstić information content (AvgIpc) is 2.61. The largest absolute Gasteiger partial charge is 0.373 e. The molecule has 1 fully saturated rings. The molecule has 1 aromatic rings. The molecule has 0 saturated carbocycles. The van der Waals surface area contributed by atoms with E-state index in [0.29, 0.717) is 12.0 Å². The first-order valence-corrected chi connectivity index (χ1v) is 9.37. The van der Waals surface area contributed by atoms with Crippen molar-refractivity contribution < 1.29 is 4.74 Å². The Bertz CT molecular complexity index is 518. The molecule has 3 atom stereocenters. The fourth-order valence-electron chi connectivity index (χ4n) is 3.02. The van der Waals surface area contributed by atoms with Crippen LogP contribution in [0.3, 0.4) is 0 Å². The number of hydrogen-bond acceptors (Lipinski definition) is 2. The number of benzene rings is 1. The number of guanidine groups is 1. The van der Waals surface area contributed by atoms with Gasteiger partial charge >= 0.3 is 0 Å². The van der Waals surface area contributed by atoms with Gasteiger partial charge < -0.3 is 15.4 Å². The van der Waals surface area contributed by atoms with Crippen LogP contribution in [0.25, 0.3) is 0 Å². The van der Waals surface area contributed by atoms with E-state index in [4.69, 9.17) is 9.73 Å². The lowest BCUT2D eigenvalue weighted by Crippen LogP contribution is -2.42. The van der Waals surface area contributed by atoms with Crippen molar-refractivity contribution in [3.63, 3.8) is 0 Å². The highest BCUT2D eigenvalue weighted by Crippen LogP contribution is 2.33. The van der Waals surface area contributed by atoms with Crippen LogP contribution in [0.4, 0.5) is 0 Å². The van der Waals surface area contributed by atoms with Crippen molar-refractivity contribution in [2.45, 2.75) is 59.1 Å². The molecule has 0 aromatic heterocycles. The Morgan fingerprint density at radius 3 is 2.64 bits per heavy atom. The number of aryl methyl sites for hydroxylation is 1. The van der Waals surface area contributed by atoms with Crippen molar-refractivity contribution in [3.8, 4) is 0 Å². The third-order valence-electron chi connectivity index (χ3n) is 4.67. The first kappa shape index (κ1) is 22.2. The molecular formula is C20H34IN3O. The van der Waals surface area contributed by atoms with Gasteiger partial charge in [0.1, 0.15) is 0 Å². The number of aliphatic imine (C=N–C) groups is 1. The van der Waals surface area contributed by atoms with Crippen LogP contribution in [0.2, 0.25) is 0 Å². The number of ether oxygens (including phenoxy) is 1. The molecule has 3 unspecified atom stereocenters. The summed E-state index contributed by atoms with van der Waals surface area (Å²) in [7, 11) is 0. The van der Waals surface area contributed by atoms with Crippen molar-refractivity contribution in [3.05, 3.63) is 35.4 Å². The van der Waals surface area contributed by atoms with E-state index in [0.717, 1.165) is 38.5 Å². The molecule has 1 aromatic carbocycles. The van der Waals surface area contributed by atoms with Crippen molar-refractivity contribution in [1.82, 2.24) is 10.6 Å². The first-order valence-electron chi connectivity index (χ1n) is 9.37. The topological polar surface area (TPSA) is 45.7 Å². The molecule has 25 heavy (non-hydrogen) atoms. The predicted octanol–water partition coefficient (Wildman–Crippen LogP) is 4.43. The van der Waals surface area contributed by atoms with E-state index in [2.05, 4.69) is 62.6 Å². The summed E-state index contributed by atoms with van der Waals surface area (Å²) in [6.45, 7) is 11.1. The normalized spacial score (nSPS) is 22.0. The lowest BCUT2D eigenvalue weighted by Gasteiger charge is -2.31. The quantitative estimate of drug-likeness (QED) is 0.376. The minimum absolute atomic E-state index is 0. The minimum Gasteiger partial charge on any atom is -0.373 e. The molecule has 1 aliphatic rings. The van der Waals surface area contributed by atoms with Crippen LogP contribution >= 0.6 is 24.0 Å². The highest BCUT2D eigenvalue weighted by molar-refractivity contribution is 14.0. The Morgan fingerprint density at radius 2 is 2.00 bits per heavy atom. The summed E-state index contributed by atoms with van der Waals surface area (Å²) in [5, 5.41) is 6.81. The second-order valence-electron chi connectivity index (χ2n) is 6.78. The number of halogens is 1.